The van der Waals surface area contributed by atoms with E-state index in [1.807, 2.05) is 13.8 Å². The van der Waals surface area contributed by atoms with Crippen LogP contribution in [0.3, 0.4) is 0 Å². The molecule has 1 N–H and O–H groups in total. The van der Waals surface area contributed by atoms with E-state index in [1.165, 1.54) is 31.1 Å². The van der Waals surface area contributed by atoms with E-state index >= 15 is 0 Å². The molecule has 2 atom stereocenters. The van der Waals surface area contributed by atoms with Crippen molar-refractivity contribution in [2.75, 3.05) is 14.1 Å². The fraction of sp³-hybridized carbons (Fsp3) is 0.583. The topological polar surface area (TPSA) is 139 Å². The van der Waals surface area contributed by atoms with Gasteiger partial charge in [-0.15, -0.1) is 0 Å². The Kier molecular flexibility index (Phi) is 9.48. The Morgan fingerprint density at radius 2 is 1.81 bits per heavy atom. The van der Waals surface area contributed by atoms with Gasteiger partial charge in [0.1, 0.15) is 29.2 Å². The van der Waals surface area contributed by atoms with Crippen molar-refractivity contribution in [3.63, 3.8) is 0 Å². The highest BCUT2D eigenvalue weighted by atomic mass is 19.1. The van der Waals surface area contributed by atoms with E-state index < -0.39 is 41.5 Å². The monoisotopic (exact) mass is 507 g/mol. The molecule has 0 aromatic carbocycles. The second kappa shape index (κ2) is 11.9. The maximum atomic E-state index is 13.4. The summed E-state index contributed by atoms with van der Waals surface area (Å²) in [7, 11) is 2.85. The van der Waals surface area contributed by atoms with Gasteiger partial charge in [-0.05, 0) is 51.7 Å². The molecule has 0 aliphatic heterocycles. The van der Waals surface area contributed by atoms with Gasteiger partial charge >= 0.3 is 12.1 Å². The number of likely N-dealkylation sites (N-methyl/N-ethyl adjacent to an activating group) is 2. The van der Waals surface area contributed by atoms with Crippen molar-refractivity contribution in [3.8, 4) is 11.5 Å². The first-order valence-electron chi connectivity index (χ1n) is 11.6. The van der Waals surface area contributed by atoms with E-state index in [9.17, 15) is 23.9 Å². The lowest BCUT2D eigenvalue weighted by Crippen LogP contribution is -2.54. The quantitative estimate of drug-likeness (QED) is 0.512. The minimum absolute atomic E-state index is 0.0133. The molecule has 36 heavy (non-hydrogen) atoms. The Morgan fingerprint density at radius 1 is 1.14 bits per heavy atom. The number of halogens is 1. The molecule has 2 aromatic heterocycles. The first-order chi connectivity index (χ1) is 16.7. The highest BCUT2D eigenvalue weighted by Gasteiger charge is 2.36. The van der Waals surface area contributed by atoms with Crippen molar-refractivity contribution in [2.24, 2.45) is 5.92 Å². The molecular formula is C24H34FN5O6. The Morgan fingerprint density at radius 3 is 2.33 bits per heavy atom. The second-order valence-electron chi connectivity index (χ2n) is 9.95. The third-order valence-corrected chi connectivity index (χ3v) is 5.29. The molecule has 2 rings (SSSR count). The number of aromatic nitrogens is 3. The zero-order valence-corrected chi connectivity index (χ0v) is 21.7. The highest BCUT2D eigenvalue weighted by Crippen LogP contribution is 2.20. The number of carbonyl (C=O) groups is 3. The predicted molar refractivity (Wildman–Crippen MR) is 127 cm³/mol. The molecule has 0 saturated heterocycles. The van der Waals surface area contributed by atoms with Crippen LogP contribution in [0.15, 0.2) is 22.9 Å². The molecule has 0 fully saturated rings. The zero-order valence-electron chi connectivity index (χ0n) is 21.7. The molecule has 0 aliphatic rings. The van der Waals surface area contributed by atoms with Gasteiger partial charge in [0.2, 0.25) is 17.6 Å². The number of nitrogens with zero attached hydrogens (tertiary/aromatic N) is 5. The Labute approximate surface area is 209 Å². The number of ether oxygens (including phenoxy) is 1. The summed E-state index contributed by atoms with van der Waals surface area (Å²) in [6.07, 6.45) is 0.728. The van der Waals surface area contributed by atoms with Gasteiger partial charge in [0.05, 0.1) is 6.20 Å². The molecular weight excluding hydrogens is 473 g/mol. The van der Waals surface area contributed by atoms with Crippen LogP contribution in [0.5, 0.6) is 0 Å². The number of pyridine rings is 1. The largest absolute Gasteiger partial charge is 0.480 e. The summed E-state index contributed by atoms with van der Waals surface area (Å²) in [5.41, 5.74) is -0.450. The van der Waals surface area contributed by atoms with Crippen molar-refractivity contribution in [2.45, 2.75) is 71.6 Å². The highest BCUT2D eigenvalue weighted by molar-refractivity contribution is 5.89. The summed E-state index contributed by atoms with van der Waals surface area (Å²) < 4.78 is 23.7. The van der Waals surface area contributed by atoms with Crippen molar-refractivity contribution in [1.82, 2.24) is 24.9 Å². The van der Waals surface area contributed by atoms with Gasteiger partial charge in [0.15, 0.2) is 0 Å². The fourth-order valence-electron chi connectivity index (χ4n) is 3.43. The summed E-state index contributed by atoms with van der Waals surface area (Å²) in [6, 6.07) is 0.484. The zero-order chi connectivity index (χ0) is 27.2. The standard InChI is InChI=1S/C24H34FN5O6/c1-14(2)12-18(30(7)23(34)35-24(3,4)5)21(31)29(6)17(22(32)33)10-11-19-27-20(28-36-19)16-9-8-15(25)13-26-16/h8-9,13-14,17-18H,10-12H2,1-7H3,(H,32,33)/t17-,18+/m1/s1. The predicted octanol–water partition coefficient (Wildman–Crippen LogP) is 3.40. The summed E-state index contributed by atoms with van der Waals surface area (Å²) in [5, 5.41) is 13.6. The molecule has 12 heteroatoms. The molecule has 0 saturated carbocycles. The van der Waals surface area contributed by atoms with Crippen LogP contribution >= 0.6 is 0 Å². The summed E-state index contributed by atoms with van der Waals surface area (Å²) in [4.78, 5) is 48.5. The van der Waals surface area contributed by atoms with Crippen molar-refractivity contribution < 1.29 is 33.1 Å². The Bertz CT molecular complexity index is 1050. The Hall–Kier alpha value is -3.57. The summed E-state index contributed by atoms with van der Waals surface area (Å²) >= 11 is 0. The number of rotatable bonds is 10. The number of carboxylic acid groups (broad SMARTS) is 1. The number of hydrogen-bond donors (Lipinski definition) is 1. The van der Waals surface area contributed by atoms with Gasteiger partial charge in [-0.3, -0.25) is 9.69 Å². The molecule has 0 unspecified atom stereocenters. The van der Waals surface area contributed by atoms with Gasteiger partial charge in [0.25, 0.3) is 0 Å². The third-order valence-electron chi connectivity index (χ3n) is 5.29. The minimum Gasteiger partial charge on any atom is -0.480 e. The van der Waals surface area contributed by atoms with Crippen LogP contribution in [-0.2, 0) is 20.7 Å². The van der Waals surface area contributed by atoms with Crippen LogP contribution in [0.4, 0.5) is 9.18 Å². The molecule has 11 nitrogen and oxygen atoms in total. The molecule has 2 heterocycles. The van der Waals surface area contributed by atoms with E-state index in [0.717, 1.165) is 11.1 Å². The lowest BCUT2D eigenvalue weighted by Gasteiger charge is -2.35. The van der Waals surface area contributed by atoms with E-state index in [4.69, 9.17) is 9.26 Å². The van der Waals surface area contributed by atoms with Crippen LogP contribution in [0.1, 0.15) is 53.4 Å². The maximum Gasteiger partial charge on any atom is 0.410 e. The van der Waals surface area contributed by atoms with Crippen molar-refractivity contribution >= 4 is 18.0 Å². The van der Waals surface area contributed by atoms with Crippen LogP contribution in [0.2, 0.25) is 0 Å². The van der Waals surface area contributed by atoms with E-state index in [-0.39, 0.29) is 30.5 Å². The number of carboxylic acids is 1. The van der Waals surface area contributed by atoms with E-state index in [0.29, 0.717) is 12.1 Å². The van der Waals surface area contributed by atoms with Crippen molar-refractivity contribution in [1.29, 1.82) is 0 Å². The van der Waals surface area contributed by atoms with Gasteiger partial charge in [-0.1, -0.05) is 19.0 Å². The molecule has 0 bridgehead atoms. The molecule has 0 radical (unpaired) electrons. The van der Waals surface area contributed by atoms with Gasteiger partial charge in [-0.25, -0.2) is 19.0 Å². The minimum atomic E-state index is -1.21. The second-order valence-corrected chi connectivity index (χ2v) is 9.95. The first-order valence-corrected chi connectivity index (χ1v) is 11.6. The SMILES string of the molecule is CC(C)C[C@@H](C(=O)N(C)[C@H](CCc1nc(-c2ccc(F)cn2)no1)C(=O)O)N(C)C(=O)OC(C)(C)C. The molecule has 198 valence electrons. The number of hydrogen-bond acceptors (Lipinski definition) is 8. The number of aliphatic carboxylic acids is 1. The van der Waals surface area contributed by atoms with Crippen LogP contribution < -0.4 is 0 Å². The molecule has 0 spiro atoms. The normalized spacial score (nSPS) is 13.2. The lowest BCUT2D eigenvalue weighted by molar-refractivity contribution is -0.151. The summed E-state index contributed by atoms with van der Waals surface area (Å²) in [6.45, 7) is 8.97. The van der Waals surface area contributed by atoms with Crippen LogP contribution in [0.25, 0.3) is 11.5 Å². The fourth-order valence-corrected chi connectivity index (χ4v) is 3.43. The third kappa shape index (κ3) is 7.99. The van der Waals surface area contributed by atoms with E-state index in [1.54, 1.807) is 20.8 Å². The van der Waals surface area contributed by atoms with E-state index in [2.05, 4.69) is 15.1 Å². The molecule has 2 aromatic rings. The number of aryl methyl sites for hydroxylation is 1. The first kappa shape index (κ1) is 28.7. The average Bonchev–Trinajstić information content (AvgIpc) is 3.24. The van der Waals surface area contributed by atoms with Crippen LogP contribution in [-0.4, -0.2) is 79.8 Å². The molecule has 0 aliphatic carbocycles. The lowest BCUT2D eigenvalue weighted by atomic mass is 10.0. The Balaban J connectivity index is 2.15. The van der Waals surface area contributed by atoms with Gasteiger partial charge in [0, 0.05) is 20.5 Å². The molecule has 2 amide bonds. The number of amides is 2. The summed E-state index contributed by atoms with van der Waals surface area (Å²) in [5.74, 6) is -1.91. The smallest absolute Gasteiger partial charge is 0.410 e. The van der Waals surface area contributed by atoms with Gasteiger partial charge < -0.3 is 19.3 Å². The van der Waals surface area contributed by atoms with Crippen molar-refractivity contribution in [3.05, 3.63) is 30.0 Å². The maximum absolute atomic E-state index is 13.4. The van der Waals surface area contributed by atoms with Crippen LogP contribution in [0, 0.1) is 11.7 Å². The number of carbonyl (C=O) groups excluding carboxylic acids is 2. The average molecular weight is 508 g/mol. The van der Waals surface area contributed by atoms with Gasteiger partial charge in [-0.2, -0.15) is 4.98 Å².